The zero-order valence-corrected chi connectivity index (χ0v) is 12.2. The zero-order valence-electron chi connectivity index (χ0n) is 11.4. The van der Waals surface area contributed by atoms with Gasteiger partial charge in [0, 0.05) is 18.8 Å². The second-order valence-electron chi connectivity index (χ2n) is 4.14. The molecule has 21 heavy (non-hydrogen) atoms. The second-order valence-corrected chi connectivity index (χ2v) is 6.08. The maximum absolute atomic E-state index is 12.7. The molecule has 0 spiro atoms. The molecule has 1 aromatic carbocycles. The van der Waals surface area contributed by atoms with Crippen molar-refractivity contribution < 1.29 is 13.5 Å². The first-order valence-corrected chi connectivity index (χ1v) is 7.59. The van der Waals surface area contributed by atoms with Crippen LogP contribution >= 0.6 is 0 Å². The van der Waals surface area contributed by atoms with Crippen LogP contribution in [0.5, 0.6) is 0 Å². The first kappa shape index (κ1) is 15.0. The molecule has 0 fully saturated rings. The summed E-state index contributed by atoms with van der Waals surface area (Å²) in [5, 5.41) is 8.77. The van der Waals surface area contributed by atoms with Gasteiger partial charge in [0.2, 0.25) is 0 Å². The van der Waals surface area contributed by atoms with Crippen molar-refractivity contribution in [3.05, 3.63) is 54.4 Å². The van der Waals surface area contributed by atoms with E-state index >= 15 is 0 Å². The SMILES string of the molecule is CN(c1cccnc1)S(=O)(=O)c1ccccc1C#CCO. The number of aliphatic hydroxyl groups is 1. The molecule has 0 amide bonds. The molecule has 2 aromatic rings. The van der Waals surface area contributed by atoms with E-state index in [1.54, 1.807) is 36.5 Å². The fourth-order valence-electron chi connectivity index (χ4n) is 1.76. The lowest BCUT2D eigenvalue weighted by atomic mass is 10.2. The third kappa shape index (κ3) is 3.21. The molecule has 0 aliphatic rings. The van der Waals surface area contributed by atoms with E-state index in [4.69, 9.17) is 5.11 Å². The van der Waals surface area contributed by atoms with Crippen molar-refractivity contribution in [3.63, 3.8) is 0 Å². The number of aliphatic hydroxyl groups excluding tert-OH is 1. The highest BCUT2D eigenvalue weighted by Gasteiger charge is 2.23. The van der Waals surface area contributed by atoms with Crippen LogP contribution in [0.1, 0.15) is 5.56 Å². The molecule has 0 aliphatic carbocycles. The number of anilines is 1. The van der Waals surface area contributed by atoms with E-state index in [9.17, 15) is 8.42 Å². The molecular weight excluding hydrogens is 288 g/mol. The second kappa shape index (κ2) is 6.39. The highest BCUT2D eigenvalue weighted by atomic mass is 32.2. The highest BCUT2D eigenvalue weighted by Crippen LogP contribution is 2.23. The van der Waals surface area contributed by atoms with E-state index in [0.29, 0.717) is 11.3 Å². The van der Waals surface area contributed by atoms with Gasteiger partial charge in [-0.15, -0.1) is 0 Å². The number of pyridine rings is 1. The van der Waals surface area contributed by atoms with Gasteiger partial charge >= 0.3 is 0 Å². The molecule has 0 unspecified atom stereocenters. The lowest BCUT2D eigenvalue weighted by Crippen LogP contribution is -2.27. The third-order valence-electron chi connectivity index (χ3n) is 2.84. The van der Waals surface area contributed by atoms with Gasteiger partial charge in [0.1, 0.15) is 11.5 Å². The quantitative estimate of drug-likeness (QED) is 0.866. The molecule has 2 rings (SSSR count). The first-order valence-electron chi connectivity index (χ1n) is 6.15. The Bertz CT molecular complexity index is 777. The largest absolute Gasteiger partial charge is 0.384 e. The van der Waals surface area contributed by atoms with Crippen molar-refractivity contribution in [1.29, 1.82) is 0 Å². The molecule has 0 saturated heterocycles. The van der Waals surface area contributed by atoms with Gasteiger partial charge in [0.05, 0.1) is 11.9 Å². The number of hydrogen-bond donors (Lipinski definition) is 1. The minimum absolute atomic E-state index is 0.0947. The van der Waals surface area contributed by atoms with E-state index in [0.717, 1.165) is 4.31 Å². The van der Waals surface area contributed by atoms with Crippen molar-refractivity contribution >= 4 is 15.7 Å². The minimum atomic E-state index is -3.74. The average molecular weight is 302 g/mol. The van der Waals surface area contributed by atoms with Crippen LogP contribution < -0.4 is 4.31 Å². The molecule has 0 atom stereocenters. The van der Waals surface area contributed by atoms with Crippen molar-refractivity contribution in [2.24, 2.45) is 0 Å². The Hall–Kier alpha value is -2.36. The lowest BCUT2D eigenvalue weighted by Gasteiger charge is -2.19. The molecule has 6 heteroatoms. The van der Waals surface area contributed by atoms with E-state index in [1.165, 1.54) is 19.3 Å². The summed E-state index contributed by atoms with van der Waals surface area (Å²) in [4.78, 5) is 4.01. The van der Waals surface area contributed by atoms with Gasteiger partial charge in [-0.3, -0.25) is 9.29 Å². The summed E-state index contributed by atoms with van der Waals surface area (Å²) in [6, 6.07) is 9.75. The summed E-state index contributed by atoms with van der Waals surface area (Å²) in [6.07, 6.45) is 3.05. The van der Waals surface area contributed by atoms with Gasteiger partial charge in [-0.05, 0) is 24.3 Å². The fraction of sp³-hybridized carbons (Fsp3) is 0.133. The topological polar surface area (TPSA) is 70.5 Å². The summed E-state index contributed by atoms with van der Waals surface area (Å²) < 4.78 is 26.5. The lowest BCUT2D eigenvalue weighted by molar-refractivity contribution is 0.350. The number of nitrogens with zero attached hydrogens (tertiary/aromatic N) is 2. The maximum atomic E-state index is 12.7. The van der Waals surface area contributed by atoms with Crippen LogP contribution in [0.25, 0.3) is 0 Å². The smallest absolute Gasteiger partial charge is 0.265 e. The number of rotatable bonds is 3. The van der Waals surface area contributed by atoms with Crippen LogP contribution in [0.3, 0.4) is 0 Å². The number of sulfonamides is 1. The number of aromatic nitrogens is 1. The highest BCUT2D eigenvalue weighted by molar-refractivity contribution is 7.92. The van der Waals surface area contributed by atoms with Crippen molar-refractivity contribution in [3.8, 4) is 11.8 Å². The Morgan fingerprint density at radius 3 is 2.67 bits per heavy atom. The Balaban J connectivity index is 2.50. The van der Waals surface area contributed by atoms with Crippen LogP contribution in [-0.2, 0) is 10.0 Å². The maximum Gasteiger partial charge on any atom is 0.265 e. The van der Waals surface area contributed by atoms with E-state index in [2.05, 4.69) is 16.8 Å². The van der Waals surface area contributed by atoms with E-state index in [1.807, 2.05) is 0 Å². The van der Waals surface area contributed by atoms with Crippen LogP contribution in [0.15, 0.2) is 53.7 Å². The first-order chi connectivity index (χ1) is 10.1. The summed E-state index contributed by atoms with van der Waals surface area (Å²) in [7, 11) is -2.28. The molecule has 1 aromatic heterocycles. The van der Waals surface area contributed by atoms with Gasteiger partial charge in [-0.25, -0.2) is 8.42 Å². The number of hydrogen-bond acceptors (Lipinski definition) is 4. The van der Waals surface area contributed by atoms with Crippen molar-refractivity contribution in [2.75, 3.05) is 18.0 Å². The molecule has 1 N–H and O–H groups in total. The van der Waals surface area contributed by atoms with Crippen LogP contribution in [0, 0.1) is 11.8 Å². The minimum Gasteiger partial charge on any atom is -0.384 e. The van der Waals surface area contributed by atoms with Crippen LogP contribution in [-0.4, -0.2) is 32.2 Å². The molecule has 108 valence electrons. The Morgan fingerprint density at radius 1 is 1.24 bits per heavy atom. The zero-order chi connectivity index (χ0) is 15.3. The number of benzene rings is 1. The monoisotopic (exact) mass is 302 g/mol. The van der Waals surface area contributed by atoms with E-state index < -0.39 is 10.0 Å². The summed E-state index contributed by atoms with van der Waals surface area (Å²) >= 11 is 0. The van der Waals surface area contributed by atoms with Crippen molar-refractivity contribution in [1.82, 2.24) is 4.98 Å². The van der Waals surface area contributed by atoms with Gasteiger partial charge < -0.3 is 5.11 Å². The molecule has 0 saturated carbocycles. The predicted molar refractivity (Wildman–Crippen MR) is 80.2 cm³/mol. The van der Waals surface area contributed by atoms with Gasteiger partial charge in [0.25, 0.3) is 10.0 Å². The molecule has 0 bridgehead atoms. The van der Waals surface area contributed by atoms with E-state index in [-0.39, 0.29) is 11.5 Å². The van der Waals surface area contributed by atoms with Gasteiger partial charge in [0.15, 0.2) is 0 Å². The van der Waals surface area contributed by atoms with Gasteiger partial charge in [-0.1, -0.05) is 24.0 Å². The average Bonchev–Trinajstić information content (AvgIpc) is 2.53. The standard InChI is InChI=1S/C15H14N2O3S/c1-17(14-8-4-10-16-12-14)21(19,20)15-9-3-2-6-13(15)7-5-11-18/h2-4,6,8-10,12,18H,11H2,1H3. The summed E-state index contributed by atoms with van der Waals surface area (Å²) in [6.45, 7) is -0.327. The van der Waals surface area contributed by atoms with Gasteiger partial charge in [-0.2, -0.15) is 0 Å². The molecule has 5 nitrogen and oxygen atoms in total. The Kier molecular flexibility index (Phi) is 4.58. The molecular formula is C15H14N2O3S. The molecule has 0 radical (unpaired) electrons. The normalized spacial score (nSPS) is 10.6. The molecule has 0 aliphatic heterocycles. The predicted octanol–water partition coefficient (Wildman–Crippen LogP) is 1.25. The third-order valence-corrected chi connectivity index (χ3v) is 4.68. The molecule has 1 heterocycles. The summed E-state index contributed by atoms with van der Waals surface area (Å²) in [5.41, 5.74) is 0.810. The Labute approximate surface area is 123 Å². The summed E-state index contributed by atoms with van der Waals surface area (Å²) in [5.74, 6) is 5.12. The van der Waals surface area contributed by atoms with Crippen molar-refractivity contribution in [2.45, 2.75) is 4.90 Å². The van der Waals surface area contributed by atoms with Crippen LogP contribution in [0.4, 0.5) is 5.69 Å². The fourth-order valence-corrected chi connectivity index (χ4v) is 3.08. The Morgan fingerprint density at radius 2 is 2.00 bits per heavy atom. The van der Waals surface area contributed by atoms with Crippen LogP contribution in [0.2, 0.25) is 0 Å².